The molecule has 0 bridgehead atoms. The topological polar surface area (TPSA) is 26.3 Å². The van der Waals surface area contributed by atoms with Crippen LogP contribution < -0.4 is 4.74 Å². The summed E-state index contributed by atoms with van der Waals surface area (Å²) in [7, 11) is 1.47. The van der Waals surface area contributed by atoms with Crippen LogP contribution in [-0.4, -0.2) is 12.9 Å². The number of hydrogen-bond donors (Lipinski definition) is 0. The summed E-state index contributed by atoms with van der Waals surface area (Å²) in [4.78, 5) is 11.8. The van der Waals surface area contributed by atoms with Gasteiger partial charge in [0.05, 0.1) is 12.7 Å². The van der Waals surface area contributed by atoms with Crippen molar-refractivity contribution in [2.75, 3.05) is 7.11 Å². The standard InChI is InChI=1S/C12H13FO2/c1-7-5-10(7)12(14)9-4-3-8(15-2)6-11(9)13/h3-4,6-7,10H,5H2,1-2H3. The summed E-state index contributed by atoms with van der Waals surface area (Å²) in [6.07, 6.45) is 0.879. The first-order chi connectivity index (χ1) is 7.13. The first-order valence-corrected chi connectivity index (χ1v) is 5.01. The molecule has 1 fully saturated rings. The summed E-state index contributed by atoms with van der Waals surface area (Å²) >= 11 is 0. The molecular weight excluding hydrogens is 195 g/mol. The number of carbonyl (C=O) groups is 1. The molecule has 0 amide bonds. The van der Waals surface area contributed by atoms with Crippen LogP contribution in [0.2, 0.25) is 0 Å². The zero-order valence-electron chi connectivity index (χ0n) is 8.79. The molecule has 15 heavy (non-hydrogen) atoms. The summed E-state index contributed by atoms with van der Waals surface area (Å²) < 4.78 is 18.4. The molecule has 1 aliphatic rings. The fourth-order valence-electron chi connectivity index (χ4n) is 1.71. The van der Waals surface area contributed by atoms with Crippen molar-refractivity contribution in [2.24, 2.45) is 11.8 Å². The highest BCUT2D eigenvalue weighted by Crippen LogP contribution is 2.40. The number of carbonyl (C=O) groups excluding carboxylic acids is 1. The molecule has 1 saturated carbocycles. The molecule has 2 atom stereocenters. The molecular formula is C12H13FO2. The van der Waals surface area contributed by atoms with Crippen LogP contribution in [0.5, 0.6) is 5.75 Å². The van der Waals surface area contributed by atoms with Gasteiger partial charge in [-0.05, 0) is 24.5 Å². The van der Waals surface area contributed by atoms with Crippen LogP contribution in [0, 0.1) is 17.7 Å². The Kier molecular flexibility index (Phi) is 2.47. The molecule has 2 rings (SSSR count). The Hall–Kier alpha value is -1.38. The van der Waals surface area contributed by atoms with Crippen LogP contribution in [0.1, 0.15) is 23.7 Å². The zero-order chi connectivity index (χ0) is 11.0. The minimum Gasteiger partial charge on any atom is -0.497 e. The van der Waals surface area contributed by atoms with E-state index < -0.39 is 5.82 Å². The number of Topliss-reactive ketones (excluding diaryl/α,β-unsaturated/α-hetero) is 1. The summed E-state index contributed by atoms with van der Waals surface area (Å²) in [5.41, 5.74) is 0.185. The molecule has 0 aliphatic heterocycles. The van der Waals surface area contributed by atoms with Crippen molar-refractivity contribution < 1.29 is 13.9 Å². The lowest BCUT2D eigenvalue weighted by Crippen LogP contribution is -2.05. The van der Waals surface area contributed by atoms with Gasteiger partial charge in [0.25, 0.3) is 0 Å². The summed E-state index contributed by atoms with van der Waals surface area (Å²) in [5.74, 6) is 0.292. The van der Waals surface area contributed by atoms with Gasteiger partial charge >= 0.3 is 0 Å². The van der Waals surface area contributed by atoms with Crippen molar-refractivity contribution in [2.45, 2.75) is 13.3 Å². The summed E-state index contributed by atoms with van der Waals surface area (Å²) in [6.45, 7) is 2.00. The van der Waals surface area contributed by atoms with Gasteiger partial charge in [-0.1, -0.05) is 6.92 Å². The lowest BCUT2D eigenvalue weighted by atomic mass is 10.1. The quantitative estimate of drug-likeness (QED) is 0.714. The molecule has 0 N–H and O–H groups in total. The molecule has 2 nitrogen and oxygen atoms in total. The monoisotopic (exact) mass is 208 g/mol. The van der Waals surface area contributed by atoms with Gasteiger partial charge in [0.1, 0.15) is 11.6 Å². The molecule has 1 aliphatic carbocycles. The van der Waals surface area contributed by atoms with E-state index in [1.807, 2.05) is 6.92 Å². The van der Waals surface area contributed by atoms with E-state index >= 15 is 0 Å². The zero-order valence-corrected chi connectivity index (χ0v) is 8.79. The molecule has 2 unspecified atom stereocenters. The molecule has 3 heteroatoms. The Morgan fingerprint density at radius 2 is 2.20 bits per heavy atom. The normalized spacial score (nSPS) is 23.7. The number of halogens is 1. The maximum Gasteiger partial charge on any atom is 0.169 e. The van der Waals surface area contributed by atoms with E-state index in [1.165, 1.54) is 19.2 Å². The van der Waals surface area contributed by atoms with E-state index in [4.69, 9.17) is 4.74 Å². The van der Waals surface area contributed by atoms with Crippen LogP contribution in [-0.2, 0) is 0 Å². The van der Waals surface area contributed by atoms with Gasteiger partial charge in [0.2, 0.25) is 0 Å². The number of rotatable bonds is 3. The number of methoxy groups -OCH3 is 1. The third-order valence-corrected chi connectivity index (χ3v) is 2.89. The van der Waals surface area contributed by atoms with Gasteiger partial charge in [-0.25, -0.2) is 4.39 Å². The van der Waals surface area contributed by atoms with Gasteiger partial charge in [-0.15, -0.1) is 0 Å². The van der Waals surface area contributed by atoms with Crippen LogP contribution >= 0.6 is 0 Å². The minimum atomic E-state index is -0.488. The van der Waals surface area contributed by atoms with Crippen molar-refractivity contribution >= 4 is 5.78 Å². The van der Waals surface area contributed by atoms with E-state index in [9.17, 15) is 9.18 Å². The summed E-state index contributed by atoms with van der Waals surface area (Å²) in [6, 6.07) is 4.37. The Labute approximate surface area is 88.1 Å². The molecule has 1 aromatic carbocycles. The van der Waals surface area contributed by atoms with Gasteiger partial charge in [0.15, 0.2) is 5.78 Å². The number of ketones is 1. The third-order valence-electron chi connectivity index (χ3n) is 2.89. The van der Waals surface area contributed by atoms with Gasteiger partial charge in [0, 0.05) is 12.0 Å². The molecule has 0 heterocycles. The van der Waals surface area contributed by atoms with Crippen LogP contribution in [0.25, 0.3) is 0 Å². The average Bonchev–Trinajstić information content (AvgIpc) is 2.94. The Morgan fingerprint density at radius 1 is 1.53 bits per heavy atom. The SMILES string of the molecule is COc1ccc(C(=O)C2CC2C)c(F)c1. The van der Waals surface area contributed by atoms with Gasteiger partial charge in [-0.2, -0.15) is 0 Å². The Bertz CT molecular complexity index is 401. The highest BCUT2D eigenvalue weighted by molar-refractivity contribution is 5.99. The smallest absolute Gasteiger partial charge is 0.169 e. The largest absolute Gasteiger partial charge is 0.497 e. The Morgan fingerprint density at radius 3 is 2.67 bits per heavy atom. The molecule has 0 spiro atoms. The molecule has 1 aromatic rings. The third kappa shape index (κ3) is 1.87. The highest BCUT2D eigenvalue weighted by Gasteiger charge is 2.40. The van der Waals surface area contributed by atoms with Gasteiger partial charge < -0.3 is 4.74 Å². The van der Waals surface area contributed by atoms with E-state index in [1.54, 1.807) is 6.07 Å². The second-order valence-corrected chi connectivity index (χ2v) is 4.03. The number of benzene rings is 1. The highest BCUT2D eigenvalue weighted by atomic mass is 19.1. The summed E-state index contributed by atoms with van der Waals surface area (Å²) in [5, 5.41) is 0. The fourth-order valence-corrected chi connectivity index (χ4v) is 1.71. The molecule has 80 valence electrons. The van der Waals surface area contributed by atoms with Crippen LogP contribution in [0.3, 0.4) is 0 Å². The second-order valence-electron chi connectivity index (χ2n) is 4.03. The first kappa shape index (κ1) is 10.1. The van der Waals surface area contributed by atoms with Crippen molar-refractivity contribution in [1.82, 2.24) is 0 Å². The van der Waals surface area contributed by atoms with Gasteiger partial charge in [-0.3, -0.25) is 4.79 Å². The van der Waals surface area contributed by atoms with Crippen molar-refractivity contribution in [3.63, 3.8) is 0 Å². The predicted octanol–water partition coefficient (Wildman–Crippen LogP) is 2.67. The molecule has 0 saturated heterocycles. The lowest BCUT2D eigenvalue weighted by molar-refractivity contribution is 0.0958. The molecule has 0 radical (unpaired) electrons. The van der Waals surface area contributed by atoms with Crippen molar-refractivity contribution in [3.8, 4) is 5.75 Å². The lowest BCUT2D eigenvalue weighted by Gasteiger charge is -2.04. The maximum absolute atomic E-state index is 13.5. The first-order valence-electron chi connectivity index (χ1n) is 5.01. The van der Waals surface area contributed by atoms with E-state index in [0.717, 1.165) is 6.42 Å². The number of hydrogen-bond acceptors (Lipinski definition) is 2. The van der Waals surface area contributed by atoms with E-state index in [0.29, 0.717) is 11.7 Å². The number of ether oxygens (including phenoxy) is 1. The van der Waals surface area contributed by atoms with E-state index in [2.05, 4.69) is 0 Å². The minimum absolute atomic E-state index is 0.0212. The van der Waals surface area contributed by atoms with Crippen molar-refractivity contribution in [1.29, 1.82) is 0 Å². The van der Waals surface area contributed by atoms with Crippen LogP contribution in [0.15, 0.2) is 18.2 Å². The van der Waals surface area contributed by atoms with Crippen LogP contribution in [0.4, 0.5) is 4.39 Å². The molecule has 0 aromatic heterocycles. The van der Waals surface area contributed by atoms with E-state index in [-0.39, 0.29) is 17.3 Å². The second kappa shape index (κ2) is 3.65. The van der Waals surface area contributed by atoms with Crippen molar-refractivity contribution in [3.05, 3.63) is 29.6 Å². The predicted molar refractivity (Wildman–Crippen MR) is 54.6 cm³/mol. The average molecular weight is 208 g/mol. The fraction of sp³-hybridized carbons (Fsp3) is 0.417. The Balaban J connectivity index is 2.25. The maximum atomic E-state index is 13.5.